The summed E-state index contributed by atoms with van der Waals surface area (Å²) in [5.41, 5.74) is 1.35. The number of methoxy groups -OCH3 is 1. The van der Waals surface area contributed by atoms with E-state index in [1.54, 1.807) is 7.11 Å². The monoisotopic (exact) mass is 210 g/mol. The van der Waals surface area contributed by atoms with Crippen LogP contribution in [0, 0.1) is 0 Å². The number of rotatable bonds is 2. The van der Waals surface area contributed by atoms with Crippen LogP contribution in [-0.2, 0) is 0 Å². The van der Waals surface area contributed by atoms with Gasteiger partial charge in [0.1, 0.15) is 5.75 Å². The maximum atomic E-state index is 5.05. The van der Waals surface area contributed by atoms with Gasteiger partial charge in [-0.15, -0.1) is 0 Å². The third kappa shape index (κ3) is 7.01. The van der Waals surface area contributed by atoms with Crippen LogP contribution >= 0.6 is 0 Å². The number of hydrogen-bond donors (Lipinski definition) is 0. The molecule has 0 aliphatic carbocycles. The van der Waals surface area contributed by atoms with Crippen LogP contribution in [0.1, 0.15) is 53.0 Å². The maximum absolute atomic E-state index is 5.05. The normalized spacial score (nSPS) is 8.27. The van der Waals surface area contributed by atoms with Crippen LogP contribution in [0.15, 0.2) is 24.3 Å². The van der Waals surface area contributed by atoms with E-state index in [0.717, 1.165) is 5.75 Å². The first-order valence-corrected chi connectivity index (χ1v) is 5.88. The van der Waals surface area contributed by atoms with Crippen molar-refractivity contribution in [1.82, 2.24) is 0 Å². The van der Waals surface area contributed by atoms with Crippen molar-refractivity contribution in [2.75, 3.05) is 7.11 Å². The van der Waals surface area contributed by atoms with E-state index in [9.17, 15) is 0 Å². The second-order valence-electron chi connectivity index (χ2n) is 2.93. The van der Waals surface area contributed by atoms with E-state index in [2.05, 4.69) is 26.0 Å². The fourth-order valence-corrected chi connectivity index (χ4v) is 0.989. The van der Waals surface area contributed by atoms with E-state index >= 15 is 0 Å². The smallest absolute Gasteiger partial charge is 0.118 e. The molecule has 0 aliphatic rings. The molecule has 1 rings (SSSR count). The first-order chi connectivity index (χ1) is 7.24. The highest BCUT2D eigenvalue weighted by Crippen LogP contribution is 2.17. The van der Waals surface area contributed by atoms with Crippen molar-refractivity contribution in [3.63, 3.8) is 0 Å². The average Bonchev–Trinajstić information content (AvgIpc) is 2.34. The zero-order valence-corrected chi connectivity index (χ0v) is 11.3. The summed E-state index contributed by atoms with van der Waals surface area (Å²) >= 11 is 0. The first kappa shape index (κ1) is 16.4. The lowest BCUT2D eigenvalue weighted by Crippen LogP contribution is -1.87. The van der Waals surface area contributed by atoms with Crippen LogP contribution < -0.4 is 4.74 Å². The van der Waals surface area contributed by atoms with Gasteiger partial charge in [0.05, 0.1) is 7.11 Å². The molecule has 15 heavy (non-hydrogen) atoms. The van der Waals surface area contributed by atoms with Gasteiger partial charge in [0.25, 0.3) is 0 Å². The lowest BCUT2D eigenvalue weighted by molar-refractivity contribution is 0.414. The van der Waals surface area contributed by atoms with Crippen molar-refractivity contribution in [2.24, 2.45) is 0 Å². The molecule has 0 N–H and O–H groups in total. The van der Waals surface area contributed by atoms with E-state index in [4.69, 9.17) is 4.74 Å². The molecular weight excluding hydrogens is 184 g/mol. The molecule has 0 spiro atoms. The molecule has 0 atom stereocenters. The first-order valence-electron chi connectivity index (χ1n) is 5.88. The van der Waals surface area contributed by atoms with E-state index in [0.29, 0.717) is 5.92 Å². The SMILES string of the molecule is CC.CC.COc1ccc(C(C)C)cc1. The maximum Gasteiger partial charge on any atom is 0.118 e. The van der Waals surface area contributed by atoms with Gasteiger partial charge in [-0.05, 0) is 23.6 Å². The Balaban J connectivity index is 0. The highest BCUT2D eigenvalue weighted by atomic mass is 16.5. The molecule has 0 bridgehead atoms. The van der Waals surface area contributed by atoms with Gasteiger partial charge in [0, 0.05) is 0 Å². The number of hydrogen-bond acceptors (Lipinski definition) is 1. The highest BCUT2D eigenvalue weighted by molar-refractivity contribution is 5.28. The van der Waals surface area contributed by atoms with Gasteiger partial charge in [-0.3, -0.25) is 0 Å². The Morgan fingerprint density at radius 1 is 0.867 bits per heavy atom. The molecule has 1 heteroatoms. The largest absolute Gasteiger partial charge is 0.497 e. The summed E-state index contributed by atoms with van der Waals surface area (Å²) in [6, 6.07) is 8.19. The second kappa shape index (κ2) is 11.1. The van der Waals surface area contributed by atoms with Crippen LogP contribution in [0.3, 0.4) is 0 Å². The molecule has 88 valence electrons. The number of ether oxygens (including phenoxy) is 1. The minimum Gasteiger partial charge on any atom is -0.497 e. The average molecular weight is 210 g/mol. The summed E-state index contributed by atoms with van der Waals surface area (Å²) in [5, 5.41) is 0. The van der Waals surface area contributed by atoms with Gasteiger partial charge in [-0.25, -0.2) is 0 Å². The molecule has 0 aliphatic heterocycles. The molecule has 1 nitrogen and oxygen atoms in total. The Kier molecular flexibility index (Phi) is 12.2. The highest BCUT2D eigenvalue weighted by Gasteiger charge is 1.97. The molecule has 0 heterocycles. The van der Waals surface area contributed by atoms with Crippen molar-refractivity contribution in [3.8, 4) is 5.75 Å². The quantitative estimate of drug-likeness (QED) is 0.676. The molecule has 0 fully saturated rings. The molecule has 0 saturated carbocycles. The van der Waals surface area contributed by atoms with E-state index in [1.165, 1.54) is 5.56 Å². The van der Waals surface area contributed by atoms with Gasteiger partial charge in [-0.2, -0.15) is 0 Å². The predicted molar refractivity (Wildman–Crippen MR) is 69.8 cm³/mol. The fraction of sp³-hybridized carbons (Fsp3) is 0.571. The summed E-state index contributed by atoms with van der Waals surface area (Å²) in [7, 11) is 1.68. The van der Waals surface area contributed by atoms with Gasteiger partial charge >= 0.3 is 0 Å². The van der Waals surface area contributed by atoms with Gasteiger partial charge in [0.15, 0.2) is 0 Å². The van der Waals surface area contributed by atoms with Crippen LogP contribution in [0.2, 0.25) is 0 Å². The third-order valence-electron chi connectivity index (χ3n) is 1.78. The van der Waals surface area contributed by atoms with E-state index in [-0.39, 0.29) is 0 Å². The van der Waals surface area contributed by atoms with Gasteiger partial charge in [-0.1, -0.05) is 53.7 Å². The molecule has 0 amide bonds. The Bertz CT molecular complexity index is 211. The van der Waals surface area contributed by atoms with Crippen molar-refractivity contribution in [2.45, 2.75) is 47.5 Å². The van der Waals surface area contributed by atoms with Crippen molar-refractivity contribution in [3.05, 3.63) is 29.8 Å². The third-order valence-corrected chi connectivity index (χ3v) is 1.78. The molecule has 0 saturated heterocycles. The fourth-order valence-electron chi connectivity index (χ4n) is 0.989. The molecule has 0 radical (unpaired) electrons. The molecular formula is C14H26O. The Morgan fingerprint density at radius 2 is 1.27 bits per heavy atom. The summed E-state index contributed by atoms with van der Waals surface area (Å²) < 4.78 is 5.05. The van der Waals surface area contributed by atoms with E-state index < -0.39 is 0 Å². The lowest BCUT2D eigenvalue weighted by Gasteiger charge is -2.05. The minimum absolute atomic E-state index is 0.598. The van der Waals surface area contributed by atoms with Crippen molar-refractivity contribution in [1.29, 1.82) is 0 Å². The standard InChI is InChI=1S/C10H14O.2C2H6/c1-8(2)9-4-6-10(11-3)7-5-9;2*1-2/h4-8H,1-3H3;2*1-2H3. The summed E-state index contributed by atoms with van der Waals surface area (Å²) in [6.07, 6.45) is 0. The molecule has 0 aromatic heterocycles. The summed E-state index contributed by atoms with van der Waals surface area (Å²) in [5.74, 6) is 1.52. The topological polar surface area (TPSA) is 9.23 Å². The predicted octanol–water partition coefficient (Wildman–Crippen LogP) is 4.87. The zero-order valence-electron chi connectivity index (χ0n) is 11.3. The van der Waals surface area contributed by atoms with Gasteiger partial charge < -0.3 is 4.74 Å². The second-order valence-corrected chi connectivity index (χ2v) is 2.93. The van der Waals surface area contributed by atoms with Crippen LogP contribution in [-0.4, -0.2) is 7.11 Å². The Morgan fingerprint density at radius 3 is 1.53 bits per heavy atom. The van der Waals surface area contributed by atoms with Gasteiger partial charge in [0.2, 0.25) is 0 Å². The van der Waals surface area contributed by atoms with Crippen LogP contribution in [0.5, 0.6) is 5.75 Å². The zero-order chi connectivity index (χ0) is 12.3. The molecule has 0 unspecified atom stereocenters. The van der Waals surface area contributed by atoms with Crippen LogP contribution in [0.4, 0.5) is 0 Å². The van der Waals surface area contributed by atoms with Crippen LogP contribution in [0.25, 0.3) is 0 Å². The summed E-state index contributed by atoms with van der Waals surface area (Å²) in [4.78, 5) is 0. The Hall–Kier alpha value is -0.980. The number of benzene rings is 1. The minimum atomic E-state index is 0.598. The van der Waals surface area contributed by atoms with E-state index in [1.807, 2.05) is 39.8 Å². The Labute approximate surface area is 95.5 Å². The lowest BCUT2D eigenvalue weighted by atomic mass is 10.0. The molecule has 1 aromatic rings. The van der Waals surface area contributed by atoms with Crippen molar-refractivity contribution < 1.29 is 4.74 Å². The molecule has 1 aromatic carbocycles. The summed E-state index contributed by atoms with van der Waals surface area (Å²) in [6.45, 7) is 12.4. The van der Waals surface area contributed by atoms with Crippen molar-refractivity contribution >= 4 is 0 Å².